The molecule has 2 nitrogen and oxygen atoms in total. The molecule has 0 spiro atoms. The van der Waals surface area contributed by atoms with Crippen molar-refractivity contribution in [3.8, 4) is 0 Å². The summed E-state index contributed by atoms with van der Waals surface area (Å²) in [7, 11) is 0. The summed E-state index contributed by atoms with van der Waals surface area (Å²) in [4.78, 5) is 0. The Morgan fingerprint density at radius 3 is 2.23 bits per heavy atom. The predicted molar refractivity (Wildman–Crippen MR) is 132 cm³/mol. The normalized spacial score (nSPS) is 44.0. The average Bonchev–Trinajstić information content (AvgIpc) is 3.07. The third-order valence-electron chi connectivity index (χ3n) is 11.8. The topological polar surface area (TPSA) is 51.7 Å². The van der Waals surface area contributed by atoms with Crippen LogP contribution >= 0.6 is 0 Å². The van der Waals surface area contributed by atoms with E-state index in [1.165, 1.54) is 64.2 Å². The fourth-order valence-corrected chi connectivity index (χ4v) is 9.93. The lowest BCUT2D eigenvalue weighted by atomic mass is 9.44. The first-order chi connectivity index (χ1) is 14.3. The lowest BCUT2D eigenvalue weighted by Crippen LogP contribution is -2.53. The SMILES string of the molecule is CC(C)[C@H](CCO)CC[C@@H](C)[C@H]1CC[C@H]2[C@@H]3CCC4CCCC[C@]4(C)[C@H]3CC[C@]12C.O. The summed E-state index contributed by atoms with van der Waals surface area (Å²) in [5.74, 6) is 7.36. The van der Waals surface area contributed by atoms with Gasteiger partial charge in [-0.25, -0.2) is 0 Å². The molecular weight excluding hydrogens is 380 g/mol. The maximum absolute atomic E-state index is 9.47. The summed E-state index contributed by atoms with van der Waals surface area (Å²) >= 11 is 0. The number of aliphatic hydroxyl groups is 1. The van der Waals surface area contributed by atoms with Crippen LogP contribution in [0.4, 0.5) is 0 Å². The van der Waals surface area contributed by atoms with E-state index in [1.807, 2.05) is 0 Å². The molecule has 0 aromatic rings. The highest BCUT2D eigenvalue weighted by atomic mass is 16.3. The van der Waals surface area contributed by atoms with Gasteiger partial charge in [0.1, 0.15) is 0 Å². The Morgan fingerprint density at radius 2 is 1.52 bits per heavy atom. The predicted octanol–water partition coefficient (Wildman–Crippen LogP) is 7.28. The van der Waals surface area contributed by atoms with Crippen LogP contribution < -0.4 is 0 Å². The second-order valence-electron chi connectivity index (χ2n) is 13.2. The van der Waals surface area contributed by atoms with Gasteiger partial charge in [0.25, 0.3) is 0 Å². The van der Waals surface area contributed by atoms with Crippen LogP contribution in [-0.4, -0.2) is 17.2 Å². The van der Waals surface area contributed by atoms with E-state index in [9.17, 15) is 5.11 Å². The van der Waals surface area contributed by atoms with Crippen molar-refractivity contribution >= 4 is 0 Å². The maximum atomic E-state index is 9.47. The van der Waals surface area contributed by atoms with E-state index in [-0.39, 0.29) is 5.48 Å². The third kappa shape index (κ3) is 4.51. The Morgan fingerprint density at radius 1 is 0.774 bits per heavy atom. The highest BCUT2D eigenvalue weighted by Gasteiger charge is 2.60. The molecule has 4 aliphatic rings. The van der Waals surface area contributed by atoms with Crippen molar-refractivity contribution in [3.63, 3.8) is 0 Å². The molecule has 4 rings (SSSR count). The Kier molecular flexibility index (Phi) is 8.27. The van der Waals surface area contributed by atoms with Crippen molar-refractivity contribution in [3.05, 3.63) is 0 Å². The zero-order valence-electron chi connectivity index (χ0n) is 21.5. The minimum Gasteiger partial charge on any atom is -0.412 e. The van der Waals surface area contributed by atoms with Gasteiger partial charge in [0.2, 0.25) is 0 Å². The number of fused-ring (bicyclic) bond motifs is 5. The van der Waals surface area contributed by atoms with Crippen LogP contribution in [0.1, 0.15) is 118 Å². The van der Waals surface area contributed by atoms with Gasteiger partial charge in [-0.15, -0.1) is 0 Å². The molecule has 2 heteroatoms. The fraction of sp³-hybridized carbons (Fsp3) is 1.00. The smallest absolute Gasteiger partial charge is 0.0433 e. The molecule has 4 aliphatic carbocycles. The zero-order chi connectivity index (χ0) is 21.5. The first kappa shape index (κ1) is 25.5. The molecule has 0 aromatic carbocycles. The monoisotopic (exact) mass is 434 g/mol. The van der Waals surface area contributed by atoms with E-state index in [0.29, 0.717) is 29.3 Å². The van der Waals surface area contributed by atoms with E-state index in [1.54, 1.807) is 12.8 Å². The minimum absolute atomic E-state index is 0. The average molecular weight is 435 g/mol. The van der Waals surface area contributed by atoms with Gasteiger partial charge in [-0.3, -0.25) is 0 Å². The van der Waals surface area contributed by atoms with E-state index in [0.717, 1.165) is 41.9 Å². The molecule has 182 valence electrons. The van der Waals surface area contributed by atoms with Crippen LogP contribution in [0, 0.1) is 58.2 Å². The molecule has 0 aliphatic heterocycles. The molecule has 9 atom stereocenters. The maximum Gasteiger partial charge on any atom is 0.0433 e. The summed E-state index contributed by atoms with van der Waals surface area (Å²) < 4.78 is 0. The van der Waals surface area contributed by atoms with Gasteiger partial charge in [0, 0.05) is 6.61 Å². The molecule has 31 heavy (non-hydrogen) atoms. The summed E-state index contributed by atoms with van der Waals surface area (Å²) in [5.41, 5.74) is 1.30. The summed E-state index contributed by atoms with van der Waals surface area (Å²) in [5, 5.41) is 9.47. The van der Waals surface area contributed by atoms with Gasteiger partial charge >= 0.3 is 0 Å². The highest BCUT2D eigenvalue weighted by molar-refractivity contribution is 5.09. The second kappa shape index (κ2) is 10.0. The molecule has 0 amide bonds. The quantitative estimate of drug-likeness (QED) is 0.449. The standard InChI is InChI=1S/C29H52O.H2O/c1-20(2)22(16-19-30)10-9-21(3)25-13-14-26-24-12-11-23-8-6-7-17-28(23,4)27(24)15-18-29(25,26)5;/h20-27,30H,6-19H2,1-5H3;1H2/t21-,22+,23?,24+,25-,26+,27+,28+,29-;/m1./s1. The van der Waals surface area contributed by atoms with E-state index in [2.05, 4.69) is 34.6 Å². The lowest BCUT2D eigenvalue weighted by molar-refractivity contribution is -0.114. The van der Waals surface area contributed by atoms with Gasteiger partial charge in [-0.05, 0) is 122 Å². The Labute approximate surface area is 193 Å². The van der Waals surface area contributed by atoms with Crippen molar-refractivity contribution in [2.24, 2.45) is 58.2 Å². The Balaban J connectivity index is 0.00000272. The molecule has 0 radical (unpaired) electrons. The fourth-order valence-electron chi connectivity index (χ4n) is 9.93. The van der Waals surface area contributed by atoms with Gasteiger partial charge in [0.05, 0.1) is 0 Å². The molecule has 1 unspecified atom stereocenters. The van der Waals surface area contributed by atoms with Crippen molar-refractivity contribution in [1.82, 2.24) is 0 Å². The van der Waals surface area contributed by atoms with Crippen LogP contribution in [0.25, 0.3) is 0 Å². The van der Waals surface area contributed by atoms with E-state index < -0.39 is 0 Å². The van der Waals surface area contributed by atoms with Crippen LogP contribution in [0.15, 0.2) is 0 Å². The molecule has 4 saturated carbocycles. The number of rotatable bonds is 7. The number of aliphatic hydroxyl groups excluding tert-OH is 1. The third-order valence-corrected chi connectivity index (χ3v) is 11.8. The Hall–Kier alpha value is -0.0800. The first-order valence-electron chi connectivity index (χ1n) is 13.9. The first-order valence-corrected chi connectivity index (χ1v) is 13.9. The molecule has 0 heterocycles. The van der Waals surface area contributed by atoms with Crippen LogP contribution in [-0.2, 0) is 0 Å². The van der Waals surface area contributed by atoms with Crippen LogP contribution in [0.2, 0.25) is 0 Å². The number of hydrogen-bond donors (Lipinski definition) is 1. The van der Waals surface area contributed by atoms with Crippen LogP contribution in [0.5, 0.6) is 0 Å². The lowest BCUT2D eigenvalue weighted by Gasteiger charge is -2.61. The van der Waals surface area contributed by atoms with Gasteiger partial charge < -0.3 is 10.6 Å². The summed E-state index contributed by atoms with van der Waals surface area (Å²) in [6.07, 6.45) is 18.9. The van der Waals surface area contributed by atoms with Gasteiger partial charge in [-0.2, -0.15) is 0 Å². The molecule has 3 N–H and O–H groups in total. The van der Waals surface area contributed by atoms with Crippen molar-refractivity contribution in [2.45, 2.75) is 118 Å². The molecule has 0 bridgehead atoms. The van der Waals surface area contributed by atoms with Gasteiger partial charge in [-0.1, -0.05) is 53.9 Å². The summed E-state index contributed by atoms with van der Waals surface area (Å²) in [6, 6.07) is 0. The number of hydrogen-bond acceptors (Lipinski definition) is 1. The van der Waals surface area contributed by atoms with Gasteiger partial charge in [0.15, 0.2) is 0 Å². The van der Waals surface area contributed by atoms with E-state index >= 15 is 0 Å². The minimum atomic E-state index is 0. The second-order valence-corrected chi connectivity index (χ2v) is 13.2. The van der Waals surface area contributed by atoms with Crippen LogP contribution in [0.3, 0.4) is 0 Å². The zero-order valence-corrected chi connectivity index (χ0v) is 21.5. The highest BCUT2D eigenvalue weighted by Crippen LogP contribution is 2.68. The van der Waals surface area contributed by atoms with Crippen molar-refractivity contribution in [2.75, 3.05) is 6.61 Å². The Bertz CT molecular complexity index is 573. The molecule has 4 fully saturated rings. The van der Waals surface area contributed by atoms with Crippen molar-refractivity contribution < 1.29 is 10.6 Å². The molecule has 0 saturated heterocycles. The summed E-state index contributed by atoms with van der Waals surface area (Å²) in [6.45, 7) is 13.1. The molecular formula is C29H54O2. The largest absolute Gasteiger partial charge is 0.412 e. The van der Waals surface area contributed by atoms with E-state index in [4.69, 9.17) is 0 Å². The molecule has 0 aromatic heterocycles. The van der Waals surface area contributed by atoms with Crippen molar-refractivity contribution in [1.29, 1.82) is 0 Å².